The van der Waals surface area contributed by atoms with Gasteiger partial charge in [0.25, 0.3) is 0 Å². The Morgan fingerprint density at radius 1 is 1.47 bits per heavy atom. The van der Waals surface area contributed by atoms with Gasteiger partial charge in [0, 0.05) is 17.7 Å². The first-order chi connectivity index (χ1) is 6.96. The molecule has 0 fully saturated rings. The van der Waals surface area contributed by atoms with E-state index >= 15 is 0 Å². The van der Waals surface area contributed by atoms with Gasteiger partial charge in [-0.15, -0.1) is 0 Å². The molecular weight excluding hydrogens is 238 g/mol. The van der Waals surface area contributed by atoms with Crippen LogP contribution in [-0.4, -0.2) is 21.3 Å². The molecule has 4 nitrogen and oxygen atoms in total. The van der Waals surface area contributed by atoms with Crippen molar-refractivity contribution >= 4 is 21.4 Å². The first-order valence-electron chi connectivity index (χ1n) is 4.26. The van der Waals surface area contributed by atoms with Crippen LogP contribution in [0.15, 0.2) is 23.1 Å². The van der Waals surface area contributed by atoms with E-state index in [0.717, 1.165) is 6.26 Å². The van der Waals surface area contributed by atoms with Crippen molar-refractivity contribution in [2.75, 3.05) is 12.9 Å². The van der Waals surface area contributed by atoms with Crippen molar-refractivity contribution in [2.45, 2.75) is 11.3 Å². The van der Waals surface area contributed by atoms with E-state index < -0.39 is 9.84 Å². The van der Waals surface area contributed by atoms with Crippen molar-refractivity contribution in [2.24, 2.45) is 5.90 Å². The largest absolute Gasteiger partial charge is 0.304 e. The van der Waals surface area contributed by atoms with Gasteiger partial charge in [-0.3, -0.25) is 0 Å². The molecule has 15 heavy (non-hydrogen) atoms. The molecular formula is C9H12ClNO3S. The van der Waals surface area contributed by atoms with E-state index in [4.69, 9.17) is 17.5 Å². The number of hydrogen-bond acceptors (Lipinski definition) is 4. The zero-order chi connectivity index (χ0) is 11.5. The molecule has 84 valence electrons. The fourth-order valence-electron chi connectivity index (χ4n) is 1.29. The SMILES string of the molecule is CS(=O)(=O)c1cccc(Cl)c1CCON. The topological polar surface area (TPSA) is 69.4 Å². The van der Waals surface area contributed by atoms with Gasteiger partial charge in [0.2, 0.25) is 0 Å². The van der Waals surface area contributed by atoms with Gasteiger partial charge in [-0.25, -0.2) is 14.3 Å². The second-order valence-corrected chi connectivity index (χ2v) is 5.50. The zero-order valence-corrected chi connectivity index (χ0v) is 9.81. The Bertz CT molecular complexity index is 445. The quantitative estimate of drug-likeness (QED) is 0.814. The van der Waals surface area contributed by atoms with Crippen LogP contribution >= 0.6 is 11.6 Å². The molecule has 0 heterocycles. The highest BCUT2D eigenvalue weighted by molar-refractivity contribution is 7.90. The molecule has 2 N–H and O–H groups in total. The Labute approximate surface area is 93.9 Å². The summed E-state index contributed by atoms with van der Waals surface area (Å²) in [5.74, 6) is 4.89. The van der Waals surface area contributed by atoms with Gasteiger partial charge < -0.3 is 4.84 Å². The standard InChI is InChI=1S/C9H12ClNO3S/c1-15(12,13)9-4-2-3-8(10)7(9)5-6-14-11/h2-4H,5-6,11H2,1H3. The number of benzene rings is 1. The normalized spacial score (nSPS) is 11.7. The third kappa shape index (κ3) is 3.17. The molecule has 0 aliphatic rings. The highest BCUT2D eigenvalue weighted by Gasteiger charge is 2.15. The summed E-state index contributed by atoms with van der Waals surface area (Å²) in [5, 5.41) is 0.412. The van der Waals surface area contributed by atoms with Crippen LogP contribution in [0, 0.1) is 0 Å². The molecule has 1 aromatic carbocycles. The minimum atomic E-state index is -3.27. The molecule has 0 spiro atoms. The lowest BCUT2D eigenvalue weighted by atomic mass is 10.1. The molecule has 0 atom stereocenters. The fourth-order valence-corrected chi connectivity index (χ4v) is 2.60. The summed E-state index contributed by atoms with van der Waals surface area (Å²) >= 11 is 5.91. The molecule has 1 aromatic rings. The van der Waals surface area contributed by atoms with E-state index in [1.165, 1.54) is 6.07 Å². The lowest BCUT2D eigenvalue weighted by Gasteiger charge is -2.08. The Morgan fingerprint density at radius 2 is 2.13 bits per heavy atom. The molecule has 0 aliphatic heterocycles. The van der Waals surface area contributed by atoms with Gasteiger partial charge >= 0.3 is 0 Å². The highest BCUT2D eigenvalue weighted by Crippen LogP contribution is 2.24. The first kappa shape index (κ1) is 12.4. The van der Waals surface area contributed by atoms with Crippen LogP contribution in [0.1, 0.15) is 5.56 Å². The Morgan fingerprint density at radius 3 is 2.67 bits per heavy atom. The van der Waals surface area contributed by atoms with Crippen molar-refractivity contribution in [3.05, 3.63) is 28.8 Å². The Hall–Kier alpha value is -0.620. The van der Waals surface area contributed by atoms with Crippen molar-refractivity contribution < 1.29 is 13.3 Å². The third-order valence-electron chi connectivity index (χ3n) is 1.95. The molecule has 0 saturated heterocycles. The minimum Gasteiger partial charge on any atom is -0.304 e. The molecule has 0 radical (unpaired) electrons. The van der Waals surface area contributed by atoms with Crippen LogP contribution in [0.2, 0.25) is 5.02 Å². The number of hydrogen-bond donors (Lipinski definition) is 1. The lowest BCUT2D eigenvalue weighted by Crippen LogP contribution is -2.08. The fraction of sp³-hybridized carbons (Fsp3) is 0.333. The average molecular weight is 250 g/mol. The second kappa shape index (κ2) is 4.94. The Balaban J connectivity index is 3.21. The molecule has 0 aromatic heterocycles. The monoisotopic (exact) mass is 249 g/mol. The van der Waals surface area contributed by atoms with Crippen molar-refractivity contribution in [1.82, 2.24) is 0 Å². The number of nitrogens with two attached hydrogens (primary N) is 1. The summed E-state index contributed by atoms with van der Waals surface area (Å²) in [7, 11) is -3.27. The zero-order valence-electron chi connectivity index (χ0n) is 8.23. The summed E-state index contributed by atoms with van der Waals surface area (Å²) in [6, 6.07) is 4.76. The maximum absolute atomic E-state index is 11.4. The Kier molecular flexibility index (Phi) is 4.10. The minimum absolute atomic E-state index is 0.228. The van der Waals surface area contributed by atoms with E-state index in [0.29, 0.717) is 17.0 Å². The van der Waals surface area contributed by atoms with E-state index in [2.05, 4.69) is 4.84 Å². The van der Waals surface area contributed by atoms with E-state index in [-0.39, 0.29) is 11.5 Å². The molecule has 6 heteroatoms. The number of sulfone groups is 1. The summed E-state index contributed by atoms with van der Waals surface area (Å²) < 4.78 is 22.9. The summed E-state index contributed by atoms with van der Waals surface area (Å²) in [6.45, 7) is 0.228. The average Bonchev–Trinajstić information content (AvgIpc) is 2.14. The second-order valence-electron chi connectivity index (χ2n) is 3.11. The first-order valence-corrected chi connectivity index (χ1v) is 6.53. The van der Waals surface area contributed by atoms with Gasteiger partial charge in [-0.1, -0.05) is 17.7 Å². The molecule has 0 saturated carbocycles. The third-order valence-corrected chi connectivity index (χ3v) is 3.48. The molecule has 1 rings (SSSR count). The van der Waals surface area contributed by atoms with E-state index in [1.807, 2.05) is 0 Å². The van der Waals surface area contributed by atoms with Crippen LogP contribution < -0.4 is 5.90 Å². The predicted molar refractivity (Wildman–Crippen MR) is 58.4 cm³/mol. The van der Waals surface area contributed by atoms with E-state index in [1.54, 1.807) is 12.1 Å². The van der Waals surface area contributed by atoms with Gasteiger partial charge in [-0.05, 0) is 17.7 Å². The predicted octanol–water partition coefficient (Wildman–Crippen LogP) is 1.18. The summed E-state index contributed by atoms with van der Waals surface area (Å²) in [5.41, 5.74) is 0.548. The lowest BCUT2D eigenvalue weighted by molar-refractivity contribution is 0.141. The highest BCUT2D eigenvalue weighted by atomic mass is 35.5. The smallest absolute Gasteiger partial charge is 0.175 e. The molecule has 0 unspecified atom stereocenters. The maximum atomic E-state index is 11.4. The van der Waals surface area contributed by atoms with Crippen molar-refractivity contribution in [1.29, 1.82) is 0 Å². The van der Waals surface area contributed by atoms with Crippen LogP contribution in [0.5, 0.6) is 0 Å². The van der Waals surface area contributed by atoms with Crippen LogP contribution in [0.3, 0.4) is 0 Å². The summed E-state index contributed by atoms with van der Waals surface area (Å²) in [6.07, 6.45) is 1.52. The number of halogens is 1. The van der Waals surface area contributed by atoms with Crippen LogP contribution in [0.4, 0.5) is 0 Å². The van der Waals surface area contributed by atoms with Crippen LogP contribution in [-0.2, 0) is 21.1 Å². The van der Waals surface area contributed by atoms with Crippen molar-refractivity contribution in [3.8, 4) is 0 Å². The van der Waals surface area contributed by atoms with Gasteiger partial charge in [-0.2, -0.15) is 0 Å². The van der Waals surface area contributed by atoms with Crippen LogP contribution in [0.25, 0.3) is 0 Å². The number of rotatable bonds is 4. The molecule has 0 amide bonds. The molecule has 0 bridgehead atoms. The maximum Gasteiger partial charge on any atom is 0.175 e. The molecule has 0 aliphatic carbocycles. The van der Waals surface area contributed by atoms with Crippen molar-refractivity contribution in [3.63, 3.8) is 0 Å². The van der Waals surface area contributed by atoms with E-state index in [9.17, 15) is 8.42 Å². The van der Waals surface area contributed by atoms with Gasteiger partial charge in [0.05, 0.1) is 11.5 Å². The summed E-state index contributed by atoms with van der Waals surface area (Å²) in [4.78, 5) is 4.64. The van der Waals surface area contributed by atoms with Gasteiger partial charge in [0.15, 0.2) is 9.84 Å². The van der Waals surface area contributed by atoms with Gasteiger partial charge in [0.1, 0.15) is 0 Å².